The van der Waals surface area contributed by atoms with Crippen molar-refractivity contribution in [3.63, 3.8) is 0 Å². The van der Waals surface area contributed by atoms with Gasteiger partial charge in [0.1, 0.15) is 11.9 Å². The van der Waals surface area contributed by atoms with E-state index in [0.29, 0.717) is 0 Å². The Bertz CT molecular complexity index is 330. The molecule has 0 aliphatic carbocycles. The quantitative estimate of drug-likeness (QED) is 0.727. The van der Waals surface area contributed by atoms with Crippen LogP contribution in [0.4, 0.5) is 4.39 Å². The maximum atomic E-state index is 12.8. The minimum atomic E-state index is -0.484. The van der Waals surface area contributed by atoms with Crippen LogP contribution in [0.2, 0.25) is 0 Å². The van der Waals surface area contributed by atoms with Gasteiger partial charge in [0.25, 0.3) is 0 Å². The van der Waals surface area contributed by atoms with E-state index in [0.717, 1.165) is 5.56 Å². The van der Waals surface area contributed by atoms with Crippen LogP contribution in [0.5, 0.6) is 0 Å². The Balaban J connectivity index is 3.16. The topological polar surface area (TPSA) is 23.8 Å². The Morgan fingerprint density at radius 1 is 1.42 bits per heavy atom. The Hall–Kier alpha value is -0.400. The van der Waals surface area contributed by atoms with Crippen LogP contribution in [0, 0.1) is 17.1 Å². The molecule has 0 fully saturated rings. The maximum Gasteiger partial charge on any atom is 0.140 e. The molecule has 0 radical (unpaired) electrons. The van der Waals surface area contributed by atoms with Crippen LogP contribution in [-0.4, -0.2) is 0 Å². The highest BCUT2D eigenvalue weighted by Gasteiger charge is 2.06. The summed E-state index contributed by atoms with van der Waals surface area (Å²) in [5, 5.41) is 8.50. The molecule has 62 valence electrons. The smallest absolute Gasteiger partial charge is 0.140 e. The first-order valence-electron chi connectivity index (χ1n) is 3.13. The predicted octanol–water partition coefficient (Wildman–Crippen LogP) is 3.49. The van der Waals surface area contributed by atoms with Crippen LogP contribution in [0.25, 0.3) is 0 Å². The molecule has 0 heterocycles. The molecular formula is C8H4Br2FN. The minimum Gasteiger partial charge on any atom is -0.206 e. The second-order valence-corrected chi connectivity index (χ2v) is 5.21. The van der Waals surface area contributed by atoms with Gasteiger partial charge >= 0.3 is 0 Å². The summed E-state index contributed by atoms with van der Waals surface area (Å²) in [6, 6.07) is 6.17. The van der Waals surface area contributed by atoms with Crippen molar-refractivity contribution in [2.24, 2.45) is 0 Å². The summed E-state index contributed by atoms with van der Waals surface area (Å²) in [7, 11) is 0. The third-order valence-electron chi connectivity index (χ3n) is 1.36. The lowest BCUT2D eigenvalue weighted by Gasteiger charge is -2.01. The third kappa shape index (κ3) is 2.05. The zero-order valence-electron chi connectivity index (χ0n) is 5.89. The van der Waals surface area contributed by atoms with Gasteiger partial charge in [0.2, 0.25) is 0 Å². The van der Waals surface area contributed by atoms with E-state index in [2.05, 4.69) is 31.9 Å². The number of nitriles is 1. The molecule has 0 aromatic heterocycles. The van der Waals surface area contributed by atoms with E-state index in [-0.39, 0.29) is 9.30 Å². The van der Waals surface area contributed by atoms with Crippen LogP contribution >= 0.6 is 31.9 Å². The fourth-order valence-corrected chi connectivity index (χ4v) is 1.33. The SMILES string of the molecule is N#Cc1cc(C(Br)Br)ccc1F. The molecule has 1 nitrogen and oxygen atoms in total. The summed E-state index contributed by atoms with van der Waals surface area (Å²) < 4.78 is 12.7. The molecule has 0 N–H and O–H groups in total. The van der Waals surface area contributed by atoms with Crippen molar-refractivity contribution in [2.75, 3.05) is 0 Å². The lowest BCUT2D eigenvalue weighted by Crippen LogP contribution is -1.87. The molecule has 4 heteroatoms. The summed E-state index contributed by atoms with van der Waals surface area (Å²) in [5.41, 5.74) is 0.893. The van der Waals surface area contributed by atoms with E-state index in [1.807, 2.05) is 0 Å². The van der Waals surface area contributed by atoms with E-state index < -0.39 is 5.82 Å². The first kappa shape index (κ1) is 9.69. The van der Waals surface area contributed by atoms with Gasteiger partial charge in [0.05, 0.1) is 9.30 Å². The summed E-state index contributed by atoms with van der Waals surface area (Å²) in [6.07, 6.45) is 0. The van der Waals surface area contributed by atoms with Crippen molar-refractivity contribution in [2.45, 2.75) is 3.74 Å². The maximum absolute atomic E-state index is 12.8. The van der Waals surface area contributed by atoms with Crippen LogP contribution in [0.15, 0.2) is 18.2 Å². The molecule has 12 heavy (non-hydrogen) atoms. The average molecular weight is 293 g/mol. The fraction of sp³-hybridized carbons (Fsp3) is 0.125. The number of hydrogen-bond acceptors (Lipinski definition) is 1. The second kappa shape index (κ2) is 4.01. The largest absolute Gasteiger partial charge is 0.206 e. The number of alkyl halides is 2. The molecule has 1 rings (SSSR count). The average Bonchev–Trinajstić information content (AvgIpc) is 2.05. The van der Waals surface area contributed by atoms with Gasteiger partial charge in [-0.3, -0.25) is 0 Å². The standard InChI is InChI=1S/C8H4Br2FN/c9-8(10)5-1-2-7(11)6(3-5)4-12/h1-3,8H. The molecule has 0 amide bonds. The molecule has 0 aliphatic heterocycles. The van der Waals surface area contributed by atoms with Crippen molar-refractivity contribution >= 4 is 31.9 Å². The summed E-state index contributed by atoms with van der Waals surface area (Å²) in [6.45, 7) is 0. The second-order valence-electron chi connectivity index (χ2n) is 2.15. The van der Waals surface area contributed by atoms with Gasteiger partial charge in [-0.05, 0) is 17.7 Å². The van der Waals surface area contributed by atoms with Crippen LogP contribution in [0.3, 0.4) is 0 Å². The third-order valence-corrected chi connectivity index (χ3v) is 2.42. The molecule has 0 saturated carbocycles. The lowest BCUT2D eigenvalue weighted by molar-refractivity contribution is 0.623. The van der Waals surface area contributed by atoms with Crippen LogP contribution in [-0.2, 0) is 0 Å². The Kier molecular flexibility index (Phi) is 3.24. The minimum absolute atomic E-state index is 0.0438. The molecule has 0 aliphatic rings. The molecule has 0 spiro atoms. The van der Waals surface area contributed by atoms with E-state index in [9.17, 15) is 4.39 Å². The molecule has 0 bridgehead atoms. The Labute approximate surface area is 86.5 Å². The first-order valence-corrected chi connectivity index (χ1v) is 4.96. The Morgan fingerprint density at radius 2 is 2.08 bits per heavy atom. The summed E-state index contributed by atoms with van der Waals surface area (Å²) in [4.78, 5) is 0. The molecule has 0 saturated heterocycles. The van der Waals surface area contributed by atoms with Crippen molar-refractivity contribution in [1.82, 2.24) is 0 Å². The van der Waals surface area contributed by atoms with Gasteiger partial charge in [-0.1, -0.05) is 37.9 Å². The van der Waals surface area contributed by atoms with Crippen molar-refractivity contribution in [1.29, 1.82) is 5.26 Å². The van der Waals surface area contributed by atoms with Crippen LogP contribution < -0.4 is 0 Å². The highest BCUT2D eigenvalue weighted by atomic mass is 79.9. The number of benzene rings is 1. The predicted molar refractivity (Wildman–Crippen MR) is 51.7 cm³/mol. The van der Waals surface area contributed by atoms with E-state index in [1.54, 1.807) is 12.1 Å². The van der Waals surface area contributed by atoms with Crippen LogP contribution in [0.1, 0.15) is 14.9 Å². The highest BCUT2D eigenvalue weighted by molar-refractivity contribution is 9.24. The van der Waals surface area contributed by atoms with Gasteiger partial charge in [0, 0.05) is 0 Å². The monoisotopic (exact) mass is 291 g/mol. The highest BCUT2D eigenvalue weighted by Crippen LogP contribution is 2.29. The van der Waals surface area contributed by atoms with E-state index in [1.165, 1.54) is 12.1 Å². The molecular weight excluding hydrogens is 289 g/mol. The normalized spacial score (nSPS) is 9.92. The van der Waals surface area contributed by atoms with Gasteiger partial charge in [-0.2, -0.15) is 5.26 Å². The first-order chi connectivity index (χ1) is 5.65. The zero-order chi connectivity index (χ0) is 9.14. The lowest BCUT2D eigenvalue weighted by atomic mass is 10.1. The number of halogens is 3. The van der Waals surface area contributed by atoms with Gasteiger partial charge < -0.3 is 0 Å². The van der Waals surface area contributed by atoms with Crippen molar-refractivity contribution < 1.29 is 4.39 Å². The van der Waals surface area contributed by atoms with Crippen molar-refractivity contribution in [3.05, 3.63) is 35.1 Å². The molecule has 0 atom stereocenters. The number of nitrogens with zero attached hydrogens (tertiary/aromatic N) is 1. The number of rotatable bonds is 1. The summed E-state index contributed by atoms with van der Waals surface area (Å²) in [5.74, 6) is -0.484. The van der Waals surface area contributed by atoms with Gasteiger partial charge in [0.15, 0.2) is 0 Å². The summed E-state index contributed by atoms with van der Waals surface area (Å²) >= 11 is 6.51. The van der Waals surface area contributed by atoms with Crippen molar-refractivity contribution in [3.8, 4) is 6.07 Å². The fourth-order valence-electron chi connectivity index (χ4n) is 0.764. The number of hydrogen-bond donors (Lipinski definition) is 0. The molecule has 0 unspecified atom stereocenters. The zero-order valence-corrected chi connectivity index (χ0v) is 9.06. The van der Waals surface area contributed by atoms with Gasteiger partial charge in [-0.15, -0.1) is 0 Å². The van der Waals surface area contributed by atoms with E-state index in [4.69, 9.17) is 5.26 Å². The Morgan fingerprint density at radius 3 is 2.58 bits per heavy atom. The van der Waals surface area contributed by atoms with E-state index >= 15 is 0 Å². The molecule has 1 aromatic rings. The van der Waals surface area contributed by atoms with Gasteiger partial charge in [-0.25, -0.2) is 4.39 Å². The molecule has 1 aromatic carbocycles.